The molecule has 0 bridgehead atoms. The Labute approximate surface area is 137 Å². The number of halogens is 3. The van der Waals surface area contributed by atoms with E-state index in [0.29, 0.717) is 0 Å². The lowest BCUT2D eigenvalue weighted by atomic mass is 10.1. The maximum atomic E-state index is 13.6. The van der Waals surface area contributed by atoms with E-state index in [9.17, 15) is 14.5 Å². The van der Waals surface area contributed by atoms with Gasteiger partial charge in [-0.15, -0.1) is 0 Å². The lowest BCUT2D eigenvalue weighted by Crippen LogP contribution is -2.09. The summed E-state index contributed by atoms with van der Waals surface area (Å²) in [4.78, 5) is 10.5. The number of hydrogen-bond donors (Lipinski definition) is 1. The lowest BCUT2D eigenvalue weighted by Gasteiger charge is -2.16. The van der Waals surface area contributed by atoms with Crippen molar-refractivity contribution >= 4 is 43.2 Å². The molecule has 0 aliphatic carbocycles. The van der Waals surface area contributed by atoms with Crippen molar-refractivity contribution < 1.29 is 9.31 Å². The van der Waals surface area contributed by atoms with Gasteiger partial charge in [0.2, 0.25) is 0 Å². The van der Waals surface area contributed by atoms with Crippen molar-refractivity contribution in [1.29, 1.82) is 0 Å². The number of nitro groups is 1. The van der Waals surface area contributed by atoms with Crippen LogP contribution < -0.4 is 5.32 Å². The first-order chi connectivity index (χ1) is 9.88. The fourth-order valence-corrected chi connectivity index (χ4v) is 2.64. The summed E-state index contributed by atoms with van der Waals surface area (Å²) in [5, 5.41) is 14.1. The molecule has 4 nitrogen and oxygen atoms in total. The molecule has 0 spiro atoms. The first-order valence-electron chi connectivity index (χ1n) is 6.04. The summed E-state index contributed by atoms with van der Waals surface area (Å²) in [5.41, 5.74) is 0.903. The van der Waals surface area contributed by atoms with E-state index in [1.165, 1.54) is 0 Å². The second-order valence-corrected chi connectivity index (χ2v) is 6.23. The van der Waals surface area contributed by atoms with Gasteiger partial charge in [0.15, 0.2) is 0 Å². The van der Waals surface area contributed by atoms with E-state index in [-0.39, 0.29) is 21.9 Å². The van der Waals surface area contributed by atoms with Gasteiger partial charge in [-0.2, -0.15) is 0 Å². The van der Waals surface area contributed by atoms with Crippen LogP contribution in [-0.2, 0) is 0 Å². The predicted octanol–water partition coefficient (Wildman–Crippen LogP) is 5.43. The van der Waals surface area contributed by atoms with Gasteiger partial charge in [-0.1, -0.05) is 28.1 Å². The van der Waals surface area contributed by atoms with Crippen molar-refractivity contribution in [2.24, 2.45) is 0 Å². The molecule has 0 aliphatic rings. The van der Waals surface area contributed by atoms with E-state index in [4.69, 9.17) is 0 Å². The third-order valence-corrected chi connectivity index (χ3v) is 4.06. The summed E-state index contributed by atoms with van der Waals surface area (Å²) in [6.45, 7) is 1.85. The number of hydrogen-bond acceptors (Lipinski definition) is 3. The molecule has 21 heavy (non-hydrogen) atoms. The van der Waals surface area contributed by atoms with Crippen molar-refractivity contribution in [3.8, 4) is 0 Å². The van der Waals surface area contributed by atoms with E-state index < -0.39 is 10.7 Å². The third-order valence-electron chi connectivity index (χ3n) is 2.96. The molecule has 2 rings (SSSR count). The minimum Gasteiger partial charge on any atom is -0.373 e. The number of nitro benzene ring substituents is 1. The Morgan fingerprint density at radius 3 is 2.62 bits per heavy atom. The highest BCUT2D eigenvalue weighted by molar-refractivity contribution is 9.10. The number of nitrogens with zero attached hydrogens (tertiary/aromatic N) is 1. The fourth-order valence-electron chi connectivity index (χ4n) is 1.90. The Morgan fingerprint density at radius 1 is 1.29 bits per heavy atom. The monoisotopic (exact) mass is 416 g/mol. The number of rotatable bonds is 4. The lowest BCUT2D eigenvalue weighted by molar-refractivity contribution is -0.384. The molecule has 7 heteroatoms. The topological polar surface area (TPSA) is 55.2 Å². The standard InChI is InChI=1S/C14H11Br2FN2O2/c1-8(9-3-2-4-10(15)5-9)18-13-7-12(17)11(16)6-14(13)19(20)21/h2-8,18H,1H3. The number of nitrogens with one attached hydrogen (secondary N) is 1. The highest BCUT2D eigenvalue weighted by Crippen LogP contribution is 2.33. The third kappa shape index (κ3) is 3.79. The van der Waals surface area contributed by atoms with Crippen LogP contribution in [0.3, 0.4) is 0 Å². The molecular weight excluding hydrogens is 407 g/mol. The van der Waals surface area contributed by atoms with E-state index >= 15 is 0 Å². The smallest absolute Gasteiger partial charge is 0.293 e. The zero-order chi connectivity index (χ0) is 15.6. The Kier molecular flexibility index (Phi) is 4.95. The van der Waals surface area contributed by atoms with Gasteiger partial charge >= 0.3 is 0 Å². The average molecular weight is 418 g/mol. The van der Waals surface area contributed by atoms with E-state index in [1.807, 2.05) is 31.2 Å². The Balaban J connectivity index is 2.34. The summed E-state index contributed by atoms with van der Waals surface area (Å²) in [6.07, 6.45) is 0. The van der Waals surface area contributed by atoms with Gasteiger partial charge in [0.25, 0.3) is 5.69 Å². The fraction of sp³-hybridized carbons (Fsp3) is 0.143. The molecule has 0 fully saturated rings. The van der Waals surface area contributed by atoms with Crippen LogP contribution in [0.25, 0.3) is 0 Å². The summed E-state index contributed by atoms with van der Waals surface area (Å²) in [7, 11) is 0. The van der Waals surface area contributed by atoms with Crippen molar-refractivity contribution in [3.63, 3.8) is 0 Å². The molecular formula is C14H11Br2FN2O2. The molecule has 1 atom stereocenters. The van der Waals surface area contributed by atoms with Crippen LogP contribution in [0.15, 0.2) is 45.3 Å². The maximum absolute atomic E-state index is 13.6. The van der Waals surface area contributed by atoms with Crippen molar-refractivity contribution in [2.75, 3.05) is 5.32 Å². The molecule has 0 radical (unpaired) electrons. The Bertz CT molecular complexity index is 695. The molecule has 2 aromatic carbocycles. The van der Waals surface area contributed by atoms with Crippen LogP contribution in [0.4, 0.5) is 15.8 Å². The van der Waals surface area contributed by atoms with Crippen molar-refractivity contribution in [1.82, 2.24) is 0 Å². The first kappa shape index (κ1) is 15.9. The van der Waals surface area contributed by atoms with Crippen LogP contribution in [0.1, 0.15) is 18.5 Å². The summed E-state index contributed by atoms with van der Waals surface area (Å²) in [5.74, 6) is -0.551. The van der Waals surface area contributed by atoms with Crippen molar-refractivity contribution in [3.05, 3.63) is 66.8 Å². The van der Waals surface area contributed by atoms with Gasteiger partial charge in [0.05, 0.1) is 9.40 Å². The molecule has 0 amide bonds. The second-order valence-electron chi connectivity index (χ2n) is 4.46. The normalized spacial score (nSPS) is 12.0. The van der Waals surface area contributed by atoms with Crippen LogP contribution in [0, 0.1) is 15.9 Å². The second kappa shape index (κ2) is 6.53. The van der Waals surface area contributed by atoms with Gasteiger partial charge in [-0.05, 0) is 40.5 Å². The highest BCUT2D eigenvalue weighted by atomic mass is 79.9. The summed E-state index contributed by atoms with van der Waals surface area (Å²) >= 11 is 6.33. The summed E-state index contributed by atoms with van der Waals surface area (Å²) < 4.78 is 14.6. The molecule has 0 saturated heterocycles. The molecule has 0 aromatic heterocycles. The Hall–Kier alpha value is -1.47. The van der Waals surface area contributed by atoms with E-state index in [0.717, 1.165) is 22.2 Å². The molecule has 0 heterocycles. The first-order valence-corrected chi connectivity index (χ1v) is 7.62. The molecule has 2 aromatic rings. The SMILES string of the molecule is CC(Nc1cc(F)c(Br)cc1[N+](=O)[O-])c1cccc(Br)c1. The molecule has 0 saturated carbocycles. The zero-order valence-corrected chi connectivity index (χ0v) is 14.1. The average Bonchev–Trinajstić information content (AvgIpc) is 2.42. The Morgan fingerprint density at radius 2 is 2.00 bits per heavy atom. The van der Waals surface area contributed by atoms with Crippen LogP contribution in [-0.4, -0.2) is 4.92 Å². The molecule has 1 N–H and O–H groups in total. The van der Waals surface area contributed by atoms with Gasteiger partial charge in [0.1, 0.15) is 11.5 Å². The quantitative estimate of drug-likeness (QED) is 0.532. The van der Waals surface area contributed by atoms with Crippen LogP contribution in [0.5, 0.6) is 0 Å². The number of anilines is 1. The zero-order valence-electron chi connectivity index (χ0n) is 10.9. The minimum absolute atomic E-state index is 0.0647. The number of benzene rings is 2. The van der Waals surface area contributed by atoms with Gasteiger partial charge < -0.3 is 5.32 Å². The van der Waals surface area contributed by atoms with Gasteiger partial charge in [-0.25, -0.2) is 4.39 Å². The molecule has 1 unspecified atom stereocenters. The minimum atomic E-state index is -0.551. The maximum Gasteiger partial charge on any atom is 0.293 e. The predicted molar refractivity (Wildman–Crippen MR) is 86.9 cm³/mol. The van der Waals surface area contributed by atoms with Gasteiger partial charge in [-0.3, -0.25) is 10.1 Å². The highest BCUT2D eigenvalue weighted by Gasteiger charge is 2.19. The van der Waals surface area contributed by atoms with E-state index in [2.05, 4.69) is 37.2 Å². The molecule has 0 aliphatic heterocycles. The largest absolute Gasteiger partial charge is 0.373 e. The van der Waals surface area contributed by atoms with Crippen LogP contribution >= 0.6 is 31.9 Å². The van der Waals surface area contributed by atoms with Crippen LogP contribution in [0.2, 0.25) is 0 Å². The van der Waals surface area contributed by atoms with Gasteiger partial charge in [0, 0.05) is 22.6 Å². The molecule has 110 valence electrons. The summed E-state index contributed by atoms with van der Waals surface area (Å²) in [6, 6.07) is 9.62. The van der Waals surface area contributed by atoms with Crippen molar-refractivity contribution in [2.45, 2.75) is 13.0 Å². The van der Waals surface area contributed by atoms with E-state index in [1.54, 1.807) is 0 Å².